The summed E-state index contributed by atoms with van der Waals surface area (Å²) in [4.78, 5) is 4.75. The Labute approximate surface area is 142 Å². The molecule has 1 aromatic heterocycles. The Hall–Kier alpha value is -2.33. The van der Waals surface area contributed by atoms with E-state index in [2.05, 4.69) is 70.8 Å². The number of benzene rings is 2. The maximum absolute atomic E-state index is 4.75. The van der Waals surface area contributed by atoms with Crippen LogP contribution in [0.15, 0.2) is 54.6 Å². The standard InChI is InChI=1S/C20H24N4/c1-24-19-10-6-5-9-18(19)23-20(24)22-16-11-12-21-17(14-16)13-15-7-3-2-4-8-15/h2-10,16-17,21H,11-14H2,1H3,(H,22,23). The topological polar surface area (TPSA) is 41.9 Å². The van der Waals surface area contributed by atoms with Crippen molar-refractivity contribution in [3.63, 3.8) is 0 Å². The van der Waals surface area contributed by atoms with Gasteiger partial charge >= 0.3 is 0 Å². The number of fused-ring (bicyclic) bond motifs is 1. The van der Waals surface area contributed by atoms with E-state index in [9.17, 15) is 0 Å². The molecule has 2 N–H and O–H groups in total. The SMILES string of the molecule is Cn1c(NC2CCNC(Cc3ccccc3)C2)nc2ccccc21. The lowest BCUT2D eigenvalue weighted by Gasteiger charge is -2.31. The van der Waals surface area contributed by atoms with Crippen LogP contribution in [0.5, 0.6) is 0 Å². The average Bonchev–Trinajstić information content (AvgIpc) is 2.92. The van der Waals surface area contributed by atoms with Gasteiger partial charge in [0.1, 0.15) is 0 Å². The van der Waals surface area contributed by atoms with E-state index < -0.39 is 0 Å². The van der Waals surface area contributed by atoms with Gasteiger partial charge < -0.3 is 15.2 Å². The van der Waals surface area contributed by atoms with Crippen LogP contribution in [-0.4, -0.2) is 28.2 Å². The molecule has 0 spiro atoms. The predicted molar refractivity (Wildman–Crippen MR) is 99.3 cm³/mol. The van der Waals surface area contributed by atoms with E-state index in [1.165, 1.54) is 11.1 Å². The van der Waals surface area contributed by atoms with E-state index in [-0.39, 0.29) is 0 Å². The zero-order valence-electron chi connectivity index (χ0n) is 14.1. The second kappa shape index (κ2) is 6.65. The van der Waals surface area contributed by atoms with Gasteiger partial charge in [0.2, 0.25) is 5.95 Å². The fourth-order valence-corrected chi connectivity index (χ4v) is 3.65. The number of hydrogen-bond acceptors (Lipinski definition) is 3. The van der Waals surface area contributed by atoms with E-state index >= 15 is 0 Å². The number of piperidine rings is 1. The molecule has 0 saturated carbocycles. The summed E-state index contributed by atoms with van der Waals surface area (Å²) in [5, 5.41) is 7.32. The minimum Gasteiger partial charge on any atom is -0.353 e. The first-order valence-corrected chi connectivity index (χ1v) is 8.75. The quantitative estimate of drug-likeness (QED) is 0.775. The lowest BCUT2D eigenvalue weighted by molar-refractivity contribution is 0.372. The monoisotopic (exact) mass is 320 g/mol. The maximum Gasteiger partial charge on any atom is 0.203 e. The van der Waals surface area contributed by atoms with Crippen LogP contribution in [0, 0.1) is 0 Å². The molecule has 4 nitrogen and oxygen atoms in total. The van der Waals surface area contributed by atoms with Crippen LogP contribution in [0.2, 0.25) is 0 Å². The second-order valence-corrected chi connectivity index (χ2v) is 6.69. The van der Waals surface area contributed by atoms with Crippen molar-refractivity contribution in [3.05, 3.63) is 60.2 Å². The van der Waals surface area contributed by atoms with Crippen LogP contribution >= 0.6 is 0 Å². The van der Waals surface area contributed by atoms with Gasteiger partial charge in [-0.2, -0.15) is 0 Å². The van der Waals surface area contributed by atoms with Crippen molar-refractivity contribution in [2.75, 3.05) is 11.9 Å². The maximum atomic E-state index is 4.75. The molecule has 1 aliphatic heterocycles. The molecule has 1 aliphatic rings. The van der Waals surface area contributed by atoms with Crippen LogP contribution in [-0.2, 0) is 13.5 Å². The number of nitrogens with one attached hydrogen (secondary N) is 2. The number of hydrogen-bond donors (Lipinski definition) is 2. The molecule has 0 bridgehead atoms. The number of anilines is 1. The molecule has 0 radical (unpaired) electrons. The van der Waals surface area contributed by atoms with Gasteiger partial charge in [0.05, 0.1) is 11.0 Å². The molecule has 24 heavy (non-hydrogen) atoms. The number of aromatic nitrogens is 2. The first-order valence-electron chi connectivity index (χ1n) is 8.75. The number of aryl methyl sites for hydroxylation is 1. The normalized spacial score (nSPS) is 21.0. The highest BCUT2D eigenvalue weighted by Crippen LogP contribution is 2.21. The summed E-state index contributed by atoms with van der Waals surface area (Å²) < 4.78 is 2.16. The lowest BCUT2D eigenvalue weighted by atomic mass is 9.94. The van der Waals surface area contributed by atoms with Crippen LogP contribution in [0.1, 0.15) is 18.4 Å². The highest BCUT2D eigenvalue weighted by molar-refractivity contribution is 5.78. The third kappa shape index (κ3) is 3.15. The molecular formula is C20H24N4. The molecule has 0 aliphatic carbocycles. The summed E-state index contributed by atoms with van der Waals surface area (Å²) in [6.07, 6.45) is 3.34. The highest BCUT2D eigenvalue weighted by atomic mass is 15.2. The van der Waals surface area contributed by atoms with Crippen LogP contribution < -0.4 is 10.6 Å². The van der Waals surface area contributed by atoms with Gasteiger partial charge in [-0.3, -0.25) is 0 Å². The summed E-state index contributed by atoms with van der Waals surface area (Å²) in [7, 11) is 2.08. The van der Waals surface area contributed by atoms with Gasteiger partial charge in [-0.15, -0.1) is 0 Å². The van der Waals surface area contributed by atoms with Crippen LogP contribution in [0.3, 0.4) is 0 Å². The number of nitrogens with zero attached hydrogens (tertiary/aromatic N) is 2. The molecular weight excluding hydrogens is 296 g/mol. The molecule has 1 fully saturated rings. The second-order valence-electron chi connectivity index (χ2n) is 6.69. The van der Waals surface area contributed by atoms with Crippen molar-refractivity contribution in [2.45, 2.75) is 31.3 Å². The summed E-state index contributed by atoms with van der Waals surface area (Å²) in [5.41, 5.74) is 3.63. The molecule has 2 atom stereocenters. The Balaban J connectivity index is 1.45. The minimum absolute atomic E-state index is 0.468. The Morgan fingerprint density at radius 1 is 1.12 bits per heavy atom. The number of para-hydroxylation sites is 2. The highest BCUT2D eigenvalue weighted by Gasteiger charge is 2.23. The minimum atomic E-state index is 0.468. The Bertz CT molecular complexity index is 809. The van der Waals surface area contributed by atoms with Crippen molar-refractivity contribution in [1.82, 2.24) is 14.9 Å². The number of imidazole rings is 1. The predicted octanol–water partition coefficient (Wildman–Crippen LogP) is 3.35. The Morgan fingerprint density at radius 2 is 1.92 bits per heavy atom. The van der Waals surface area contributed by atoms with Gasteiger partial charge in [0.25, 0.3) is 0 Å². The molecule has 2 heterocycles. The van der Waals surface area contributed by atoms with E-state index in [0.717, 1.165) is 37.3 Å². The largest absolute Gasteiger partial charge is 0.353 e. The zero-order valence-corrected chi connectivity index (χ0v) is 14.1. The van der Waals surface area contributed by atoms with E-state index in [4.69, 9.17) is 4.98 Å². The summed E-state index contributed by atoms with van der Waals surface area (Å²) in [5.74, 6) is 0.974. The van der Waals surface area contributed by atoms with E-state index in [1.807, 2.05) is 6.07 Å². The van der Waals surface area contributed by atoms with Gasteiger partial charge in [-0.05, 0) is 43.5 Å². The molecule has 2 unspecified atom stereocenters. The molecule has 1 saturated heterocycles. The van der Waals surface area contributed by atoms with E-state index in [1.54, 1.807) is 0 Å². The van der Waals surface area contributed by atoms with Gasteiger partial charge in [0.15, 0.2) is 0 Å². The van der Waals surface area contributed by atoms with Gasteiger partial charge in [-0.1, -0.05) is 42.5 Å². The summed E-state index contributed by atoms with van der Waals surface area (Å²) >= 11 is 0. The molecule has 124 valence electrons. The van der Waals surface area contributed by atoms with Gasteiger partial charge in [-0.25, -0.2) is 4.98 Å². The fourth-order valence-electron chi connectivity index (χ4n) is 3.65. The Morgan fingerprint density at radius 3 is 2.75 bits per heavy atom. The first kappa shape index (κ1) is 15.2. The van der Waals surface area contributed by atoms with Crippen molar-refractivity contribution in [1.29, 1.82) is 0 Å². The molecule has 0 amide bonds. The number of rotatable bonds is 4. The summed E-state index contributed by atoms with van der Waals surface area (Å²) in [6, 6.07) is 20.0. The average molecular weight is 320 g/mol. The van der Waals surface area contributed by atoms with Crippen molar-refractivity contribution in [2.24, 2.45) is 7.05 Å². The van der Waals surface area contributed by atoms with E-state index in [0.29, 0.717) is 12.1 Å². The van der Waals surface area contributed by atoms with Gasteiger partial charge in [0, 0.05) is 19.1 Å². The molecule has 4 heteroatoms. The first-order chi connectivity index (χ1) is 11.8. The third-order valence-electron chi connectivity index (χ3n) is 4.94. The summed E-state index contributed by atoms with van der Waals surface area (Å²) in [6.45, 7) is 1.05. The molecule has 2 aromatic carbocycles. The lowest BCUT2D eigenvalue weighted by Crippen LogP contribution is -2.44. The molecule has 4 rings (SSSR count). The third-order valence-corrected chi connectivity index (χ3v) is 4.94. The fraction of sp³-hybridized carbons (Fsp3) is 0.350. The zero-order chi connectivity index (χ0) is 16.4. The van der Waals surface area contributed by atoms with Crippen molar-refractivity contribution in [3.8, 4) is 0 Å². The van der Waals surface area contributed by atoms with Crippen molar-refractivity contribution < 1.29 is 0 Å². The van der Waals surface area contributed by atoms with Crippen molar-refractivity contribution >= 4 is 17.0 Å². The van der Waals surface area contributed by atoms with Crippen LogP contribution in [0.25, 0.3) is 11.0 Å². The smallest absolute Gasteiger partial charge is 0.203 e. The Kier molecular flexibility index (Phi) is 4.22. The molecule has 3 aromatic rings. The van der Waals surface area contributed by atoms with Crippen LogP contribution in [0.4, 0.5) is 5.95 Å².